The minimum atomic E-state index is 0.287. The maximum Gasteiger partial charge on any atom is 0.0788 e. The summed E-state index contributed by atoms with van der Waals surface area (Å²) in [6.45, 7) is 2.39. The summed E-state index contributed by atoms with van der Waals surface area (Å²) in [4.78, 5) is 0. The highest BCUT2D eigenvalue weighted by Crippen LogP contribution is 2.58. The molecule has 0 aromatic heterocycles. The third kappa shape index (κ3) is 0.810. The molecule has 15 heavy (non-hydrogen) atoms. The fraction of sp³-hybridized carbons (Fsp3) is 1.00. The lowest BCUT2D eigenvalue weighted by atomic mass is 9.54. The zero-order valence-electron chi connectivity index (χ0n) is 9.00. The van der Waals surface area contributed by atoms with Crippen LogP contribution in [0.15, 0.2) is 20.5 Å². The summed E-state index contributed by atoms with van der Waals surface area (Å²) in [5, 5.41) is 18.0. The molecular formula is C11H16N4. The predicted molar refractivity (Wildman–Crippen MR) is 54.9 cm³/mol. The number of azo groups is 2. The van der Waals surface area contributed by atoms with Gasteiger partial charge in [0.25, 0.3) is 0 Å². The normalized spacial score (nSPS) is 59.7. The molecule has 2 aliphatic heterocycles. The van der Waals surface area contributed by atoms with Gasteiger partial charge in [-0.25, -0.2) is 0 Å². The van der Waals surface area contributed by atoms with Crippen LogP contribution in [-0.2, 0) is 0 Å². The molecule has 80 valence electrons. The van der Waals surface area contributed by atoms with Crippen LogP contribution in [0.25, 0.3) is 0 Å². The summed E-state index contributed by atoms with van der Waals surface area (Å²) >= 11 is 0. The van der Waals surface area contributed by atoms with Crippen LogP contribution >= 0.6 is 0 Å². The highest BCUT2D eigenvalue weighted by atomic mass is 15.3. The van der Waals surface area contributed by atoms with Crippen molar-refractivity contribution < 1.29 is 0 Å². The summed E-state index contributed by atoms with van der Waals surface area (Å²) in [6.07, 6.45) is 4.69. The zero-order chi connectivity index (χ0) is 10.0. The first-order chi connectivity index (χ1) is 7.30. The lowest BCUT2D eigenvalue weighted by Crippen LogP contribution is -2.56. The first kappa shape index (κ1) is 8.36. The lowest BCUT2D eigenvalue weighted by Gasteiger charge is -2.49. The van der Waals surface area contributed by atoms with Crippen molar-refractivity contribution in [1.82, 2.24) is 0 Å². The Morgan fingerprint density at radius 3 is 1.87 bits per heavy atom. The van der Waals surface area contributed by atoms with Crippen molar-refractivity contribution in [3.8, 4) is 0 Å². The lowest BCUT2D eigenvalue weighted by molar-refractivity contribution is 0.0343. The van der Waals surface area contributed by atoms with Crippen LogP contribution in [0.4, 0.5) is 0 Å². The van der Waals surface area contributed by atoms with Gasteiger partial charge in [0.05, 0.1) is 24.2 Å². The molecule has 4 unspecified atom stereocenters. The Kier molecular flexibility index (Phi) is 1.38. The van der Waals surface area contributed by atoms with Gasteiger partial charge in [0, 0.05) is 11.3 Å². The van der Waals surface area contributed by atoms with E-state index in [1.165, 1.54) is 25.7 Å². The van der Waals surface area contributed by atoms with E-state index in [9.17, 15) is 0 Å². The SMILES string of the molecule is CC12C3CC[C@@H]4N=N[C@H](CCC1N=N3)C42. The van der Waals surface area contributed by atoms with Crippen molar-refractivity contribution in [3.05, 3.63) is 0 Å². The predicted octanol–water partition coefficient (Wildman–Crippen LogP) is 2.60. The number of hydrogen-bond donors (Lipinski definition) is 0. The third-order valence-corrected chi connectivity index (χ3v) is 5.16. The molecule has 0 radical (unpaired) electrons. The Balaban J connectivity index is 1.84. The Hall–Kier alpha value is -0.800. The van der Waals surface area contributed by atoms with Crippen LogP contribution in [0, 0.1) is 11.3 Å². The topological polar surface area (TPSA) is 49.4 Å². The minimum Gasteiger partial charge on any atom is -0.190 e. The van der Waals surface area contributed by atoms with Crippen LogP contribution in [0.2, 0.25) is 0 Å². The van der Waals surface area contributed by atoms with E-state index in [1.54, 1.807) is 0 Å². The molecule has 2 aliphatic carbocycles. The van der Waals surface area contributed by atoms with Gasteiger partial charge in [-0.2, -0.15) is 20.5 Å². The molecule has 0 N–H and O–H groups in total. The van der Waals surface area contributed by atoms with E-state index in [0.717, 1.165) is 0 Å². The maximum atomic E-state index is 4.51. The summed E-state index contributed by atoms with van der Waals surface area (Å²) in [5.41, 5.74) is 0.287. The second-order valence-electron chi connectivity index (χ2n) is 5.67. The third-order valence-electron chi connectivity index (χ3n) is 5.16. The van der Waals surface area contributed by atoms with Crippen molar-refractivity contribution in [2.24, 2.45) is 31.8 Å². The molecule has 6 atom stereocenters. The van der Waals surface area contributed by atoms with Gasteiger partial charge in [0.15, 0.2) is 0 Å². The van der Waals surface area contributed by atoms with Gasteiger partial charge in [-0.3, -0.25) is 0 Å². The standard InChI is InChI=1S/C11H16N4/c1-11-8-4-2-6-10(11)7(13-12-6)3-5-9(11)15-14-8/h6-10H,2-5H2,1H3/t6-,7+,8?,9?,10?,11?. The average Bonchev–Trinajstić information content (AvgIpc) is 2.75. The summed E-state index contributed by atoms with van der Waals surface area (Å²) in [7, 11) is 0. The van der Waals surface area contributed by atoms with Gasteiger partial charge in [-0.15, -0.1) is 0 Å². The fourth-order valence-corrected chi connectivity index (χ4v) is 4.35. The Morgan fingerprint density at radius 2 is 1.33 bits per heavy atom. The Labute approximate surface area is 89.3 Å². The van der Waals surface area contributed by atoms with E-state index in [2.05, 4.69) is 27.4 Å². The van der Waals surface area contributed by atoms with Gasteiger partial charge >= 0.3 is 0 Å². The van der Waals surface area contributed by atoms with E-state index in [0.29, 0.717) is 30.1 Å². The van der Waals surface area contributed by atoms with Crippen molar-refractivity contribution in [3.63, 3.8) is 0 Å². The summed E-state index contributed by atoms with van der Waals surface area (Å²) in [6, 6.07) is 1.91. The molecule has 2 saturated carbocycles. The van der Waals surface area contributed by atoms with Crippen LogP contribution < -0.4 is 0 Å². The second-order valence-corrected chi connectivity index (χ2v) is 5.67. The molecule has 4 nitrogen and oxygen atoms in total. The van der Waals surface area contributed by atoms with Crippen molar-refractivity contribution in [1.29, 1.82) is 0 Å². The zero-order valence-corrected chi connectivity index (χ0v) is 9.00. The van der Waals surface area contributed by atoms with Crippen molar-refractivity contribution in [2.45, 2.75) is 56.8 Å². The van der Waals surface area contributed by atoms with Gasteiger partial charge in [0.2, 0.25) is 0 Å². The van der Waals surface area contributed by atoms with Crippen LogP contribution in [0.3, 0.4) is 0 Å². The highest BCUT2D eigenvalue weighted by molar-refractivity contribution is 5.16. The molecule has 0 aromatic carbocycles. The second kappa shape index (κ2) is 2.47. The molecule has 4 aliphatic rings. The van der Waals surface area contributed by atoms with Crippen LogP contribution in [-0.4, -0.2) is 24.2 Å². The van der Waals surface area contributed by atoms with Gasteiger partial charge < -0.3 is 0 Å². The van der Waals surface area contributed by atoms with Gasteiger partial charge in [-0.1, -0.05) is 6.92 Å². The van der Waals surface area contributed by atoms with Gasteiger partial charge in [0.1, 0.15) is 0 Å². The average molecular weight is 204 g/mol. The minimum absolute atomic E-state index is 0.287. The molecular weight excluding hydrogens is 188 g/mol. The molecule has 0 spiro atoms. The summed E-state index contributed by atoms with van der Waals surface area (Å²) in [5.74, 6) is 0.644. The molecule has 0 bridgehead atoms. The van der Waals surface area contributed by atoms with Crippen LogP contribution in [0.5, 0.6) is 0 Å². The monoisotopic (exact) mass is 204 g/mol. The molecule has 4 rings (SSSR count). The largest absolute Gasteiger partial charge is 0.190 e. The Morgan fingerprint density at radius 1 is 0.800 bits per heavy atom. The van der Waals surface area contributed by atoms with Crippen molar-refractivity contribution >= 4 is 0 Å². The number of hydrogen-bond acceptors (Lipinski definition) is 4. The van der Waals surface area contributed by atoms with E-state index < -0.39 is 0 Å². The molecule has 2 fully saturated rings. The molecule has 0 amide bonds. The van der Waals surface area contributed by atoms with E-state index in [1.807, 2.05) is 0 Å². The number of rotatable bonds is 0. The van der Waals surface area contributed by atoms with E-state index in [-0.39, 0.29) is 5.41 Å². The summed E-state index contributed by atoms with van der Waals surface area (Å²) < 4.78 is 0. The van der Waals surface area contributed by atoms with E-state index >= 15 is 0 Å². The van der Waals surface area contributed by atoms with Crippen molar-refractivity contribution in [2.75, 3.05) is 0 Å². The quantitative estimate of drug-likeness (QED) is 0.582. The Bertz CT molecular complexity index is 334. The van der Waals surface area contributed by atoms with E-state index in [4.69, 9.17) is 0 Å². The molecule has 0 saturated heterocycles. The highest BCUT2D eigenvalue weighted by Gasteiger charge is 2.62. The van der Waals surface area contributed by atoms with Gasteiger partial charge in [-0.05, 0) is 25.7 Å². The fourth-order valence-electron chi connectivity index (χ4n) is 4.35. The molecule has 0 aromatic rings. The number of nitrogens with zero attached hydrogens (tertiary/aromatic N) is 4. The first-order valence-electron chi connectivity index (χ1n) is 6.10. The smallest absolute Gasteiger partial charge is 0.0788 e. The maximum absolute atomic E-state index is 4.51. The van der Waals surface area contributed by atoms with Crippen LogP contribution in [0.1, 0.15) is 32.6 Å². The first-order valence-corrected chi connectivity index (χ1v) is 6.10. The molecule has 4 heteroatoms. The molecule has 2 heterocycles.